The number of hydrogen-bond donors (Lipinski definition) is 3. The minimum Gasteiger partial charge on any atom is -0.480 e. The molecule has 0 aliphatic heterocycles. The Hall–Kier alpha value is -1.87. The molecule has 0 fully saturated rings. The number of hydrogen-bond acceptors (Lipinski definition) is 4. The summed E-state index contributed by atoms with van der Waals surface area (Å²) >= 11 is 0. The third-order valence-electron chi connectivity index (χ3n) is 2.93. The predicted octanol–water partition coefficient (Wildman–Crippen LogP) is -0.0984. The Kier molecular flexibility index (Phi) is 4.49. The molecular weight excluding hydrogens is 298 g/mol. The number of nitrogens with one attached hydrogen (secondary N) is 1. The molecule has 0 bridgehead atoms. The summed E-state index contributed by atoms with van der Waals surface area (Å²) in [6.45, 7) is 4.82. The molecule has 1 heterocycles. The SMILES string of the molecule is Cn1cc(S(=O)(=O)N[C@H](C(=O)O)C(C)(C)C)cc1C(N)=O. The zero-order valence-electron chi connectivity index (χ0n) is 12.2. The lowest BCUT2D eigenvalue weighted by atomic mass is 9.88. The summed E-state index contributed by atoms with van der Waals surface area (Å²) in [5.74, 6) is -2.05. The maximum atomic E-state index is 12.2. The van der Waals surface area contributed by atoms with Crippen LogP contribution in [0.1, 0.15) is 31.3 Å². The minimum absolute atomic E-state index is 0.0120. The Bertz CT molecular complexity index is 670. The first-order valence-electron chi connectivity index (χ1n) is 6.07. The Balaban J connectivity index is 3.20. The first kappa shape index (κ1) is 17.2. The first-order chi connectivity index (χ1) is 9.36. The molecule has 1 aromatic rings. The van der Waals surface area contributed by atoms with Crippen LogP contribution in [-0.2, 0) is 21.9 Å². The largest absolute Gasteiger partial charge is 0.480 e. The molecule has 1 rings (SSSR count). The number of nitrogens with two attached hydrogens (primary N) is 1. The molecule has 8 nitrogen and oxygen atoms in total. The fraction of sp³-hybridized carbons (Fsp3) is 0.500. The van der Waals surface area contributed by atoms with Gasteiger partial charge in [0.15, 0.2) is 0 Å². The first-order valence-corrected chi connectivity index (χ1v) is 7.56. The van der Waals surface area contributed by atoms with Gasteiger partial charge in [0.2, 0.25) is 10.0 Å². The van der Waals surface area contributed by atoms with Gasteiger partial charge in [-0.25, -0.2) is 8.42 Å². The third-order valence-corrected chi connectivity index (χ3v) is 4.32. The van der Waals surface area contributed by atoms with Crippen molar-refractivity contribution in [2.24, 2.45) is 18.2 Å². The number of amides is 1. The molecule has 1 atom stereocenters. The molecule has 0 aromatic carbocycles. The van der Waals surface area contributed by atoms with Crippen molar-refractivity contribution in [2.45, 2.75) is 31.7 Å². The number of sulfonamides is 1. The van der Waals surface area contributed by atoms with E-state index in [0.717, 1.165) is 6.07 Å². The highest BCUT2D eigenvalue weighted by atomic mass is 32.2. The van der Waals surface area contributed by atoms with Gasteiger partial charge in [0, 0.05) is 13.2 Å². The Labute approximate surface area is 123 Å². The molecule has 21 heavy (non-hydrogen) atoms. The van der Waals surface area contributed by atoms with Crippen molar-refractivity contribution in [3.8, 4) is 0 Å². The molecule has 1 aromatic heterocycles. The van der Waals surface area contributed by atoms with E-state index < -0.39 is 33.4 Å². The van der Waals surface area contributed by atoms with E-state index in [4.69, 9.17) is 10.8 Å². The van der Waals surface area contributed by atoms with Crippen molar-refractivity contribution in [3.63, 3.8) is 0 Å². The molecule has 0 radical (unpaired) electrons. The van der Waals surface area contributed by atoms with Crippen LogP contribution >= 0.6 is 0 Å². The standard InChI is InChI=1S/C12H19N3O5S/c1-12(2,3)9(11(17)18)14-21(19,20)7-5-8(10(13)16)15(4)6-7/h5-6,9,14H,1-4H3,(H2,13,16)(H,17,18)/t9-/m1/s1. The second-order valence-corrected chi connectivity index (χ2v) is 7.51. The number of rotatable bonds is 5. The van der Waals surface area contributed by atoms with Crippen LogP contribution in [0.25, 0.3) is 0 Å². The molecule has 0 unspecified atom stereocenters. The van der Waals surface area contributed by atoms with Crippen LogP contribution in [0.15, 0.2) is 17.2 Å². The summed E-state index contributed by atoms with van der Waals surface area (Å²) in [4.78, 5) is 22.2. The normalized spacial score (nSPS) is 13.9. The second-order valence-electron chi connectivity index (χ2n) is 5.79. The van der Waals surface area contributed by atoms with Gasteiger partial charge in [-0.1, -0.05) is 20.8 Å². The number of carboxylic acids is 1. The maximum Gasteiger partial charge on any atom is 0.322 e. The van der Waals surface area contributed by atoms with Gasteiger partial charge in [-0.05, 0) is 11.5 Å². The van der Waals surface area contributed by atoms with Gasteiger partial charge in [-0.3, -0.25) is 9.59 Å². The Morgan fingerprint density at radius 2 is 1.90 bits per heavy atom. The third kappa shape index (κ3) is 3.82. The van der Waals surface area contributed by atoms with Gasteiger partial charge in [0.25, 0.3) is 5.91 Å². The molecule has 4 N–H and O–H groups in total. The quantitative estimate of drug-likeness (QED) is 0.698. The van der Waals surface area contributed by atoms with Gasteiger partial charge >= 0.3 is 5.97 Å². The highest BCUT2D eigenvalue weighted by molar-refractivity contribution is 7.89. The van der Waals surface area contributed by atoms with E-state index in [9.17, 15) is 18.0 Å². The molecular formula is C12H19N3O5S. The number of carbonyl (C=O) groups excluding carboxylic acids is 1. The van der Waals surface area contributed by atoms with Crippen molar-refractivity contribution in [3.05, 3.63) is 18.0 Å². The fourth-order valence-electron chi connectivity index (χ4n) is 1.75. The highest BCUT2D eigenvalue weighted by Gasteiger charge is 2.35. The molecule has 1 amide bonds. The van der Waals surface area contributed by atoms with Gasteiger partial charge in [0.1, 0.15) is 16.6 Å². The predicted molar refractivity (Wildman–Crippen MR) is 75.1 cm³/mol. The fourth-order valence-corrected chi connectivity index (χ4v) is 3.21. The average Bonchev–Trinajstić information content (AvgIpc) is 2.67. The van der Waals surface area contributed by atoms with E-state index in [-0.39, 0.29) is 10.6 Å². The van der Waals surface area contributed by atoms with E-state index in [0.29, 0.717) is 0 Å². The zero-order chi connectivity index (χ0) is 16.6. The molecule has 0 aliphatic carbocycles. The summed E-state index contributed by atoms with van der Waals surface area (Å²) in [6.07, 6.45) is 1.20. The van der Waals surface area contributed by atoms with E-state index in [1.165, 1.54) is 17.8 Å². The lowest BCUT2D eigenvalue weighted by Crippen LogP contribution is -2.48. The number of primary amides is 1. The van der Waals surface area contributed by atoms with Gasteiger partial charge in [-0.15, -0.1) is 0 Å². The second kappa shape index (κ2) is 5.49. The van der Waals surface area contributed by atoms with Crippen LogP contribution in [0.4, 0.5) is 0 Å². The summed E-state index contributed by atoms with van der Waals surface area (Å²) in [5, 5.41) is 9.16. The number of nitrogens with zero attached hydrogens (tertiary/aromatic N) is 1. The van der Waals surface area contributed by atoms with Crippen molar-refractivity contribution in [1.29, 1.82) is 0 Å². The summed E-state index contributed by atoms with van der Waals surface area (Å²) < 4.78 is 27.9. The highest BCUT2D eigenvalue weighted by Crippen LogP contribution is 2.22. The topological polar surface area (TPSA) is 131 Å². The Morgan fingerprint density at radius 1 is 1.38 bits per heavy atom. The number of aryl methyl sites for hydroxylation is 1. The summed E-state index contributed by atoms with van der Waals surface area (Å²) in [7, 11) is -2.61. The van der Waals surface area contributed by atoms with Crippen LogP contribution in [0, 0.1) is 5.41 Å². The van der Waals surface area contributed by atoms with Gasteiger partial charge < -0.3 is 15.4 Å². The van der Waals surface area contributed by atoms with Crippen LogP contribution < -0.4 is 10.5 Å². The van der Waals surface area contributed by atoms with Crippen LogP contribution in [-0.4, -0.2) is 36.0 Å². The van der Waals surface area contributed by atoms with Crippen molar-refractivity contribution in [1.82, 2.24) is 9.29 Å². The lowest BCUT2D eigenvalue weighted by Gasteiger charge is -2.27. The summed E-state index contributed by atoms with van der Waals surface area (Å²) in [5.41, 5.74) is 4.31. The maximum absolute atomic E-state index is 12.2. The number of carboxylic acid groups (broad SMARTS) is 1. The van der Waals surface area contributed by atoms with Crippen molar-refractivity contribution in [2.75, 3.05) is 0 Å². The Morgan fingerprint density at radius 3 is 2.24 bits per heavy atom. The number of carbonyl (C=O) groups is 2. The molecule has 0 saturated heterocycles. The molecule has 0 aliphatic rings. The molecule has 0 saturated carbocycles. The van der Waals surface area contributed by atoms with Crippen LogP contribution in [0.3, 0.4) is 0 Å². The zero-order valence-corrected chi connectivity index (χ0v) is 13.1. The minimum atomic E-state index is -4.08. The summed E-state index contributed by atoms with van der Waals surface area (Å²) in [6, 6.07) is -0.202. The van der Waals surface area contributed by atoms with E-state index >= 15 is 0 Å². The van der Waals surface area contributed by atoms with Crippen molar-refractivity contribution < 1.29 is 23.1 Å². The van der Waals surface area contributed by atoms with Gasteiger partial charge in [-0.2, -0.15) is 4.72 Å². The van der Waals surface area contributed by atoms with E-state index in [1.54, 1.807) is 20.8 Å². The lowest BCUT2D eigenvalue weighted by molar-refractivity contribution is -0.141. The molecule has 0 spiro atoms. The number of aromatic nitrogens is 1. The molecule has 118 valence electrons. The molecule has 9 heteroatoms. The van der Waals surface area contributed by atoms with Gasteiger partial charge in [0.05, 0.1) is 0 Å². The van der Waals surface area contributed by atoms with Crippen molar-refractivity contribution >= 4 is 21.9 Å². The van der Waals surface area contributed by atoms with Crippen LogP contribution in [0.2, 0.25) is 0 Å². The average molecular weight is 317 g/mol. The van der Waals surface area contributed by atoms with E-state index in [2.05, 4.69) is 4.72 Å². The monoisotopic (exact) mass is 317 g/mol. The van der Waals surface area contributed by atoms with E-state index in [1.807, 2.05) is 0 Å². The smallest absolute Gasteiger partial charge is 0.322 e. The number of aliphatic carboxylic acids is 1. The van der Waals surface area contributed by atoms with Crippen LogP contribution in [0.5, 0.6) is 0 Å².